The van der Waals surface area contributed by atoms with Crippen molar-refractivity contribution in [3.63, 3.8) is 0 Å². The van der Waals surface area contributed by atoms with Crippen LogP contribution in [0.15, 0.2) is 45.4 Å². The lowest BCUT2D eigenvalue weighted by Crippen LogP contribution is -2.29. The molecule has 1 aromatic carbocycles. The van der Waals surface area contributed by atoms with Crippen LogP contribution in [0.1, 0.15) is 5.56 Å². The van der Waals surface area contributed by atoms with Crippen molar-refractivity contribution >= 4 is 37.9 Å². The normalized spacial score (nSPS) is 18.6. The van der Waals surface area contributed by atoms with Crippen molar-refractivity contribution < 1.29 is 17.4 Å². The van der Waals surface area contributed by atoms with Crippen LogP contribution >= 0.6 is 15.9 Å². The second-order valence-corrected chi connectivity index (χ2v) is 5.59. The smallest absolute Gasteiger partial charge is 0.237 e. The fourth-order valence-electron chi connectivity index (χ4n) is 1.78. The highest BCUT2D eigenvalue weighted by Crippen LogP contribution is 2.34. The molecule has 1 heterocycles. The fourth-order valence-corrected chi connectivity index (χ4v) is 2.46. The van der Waals surface area contributed by atoms with E-state index in [-0.39, 0.29) is 17.0 Å². The third kappa shape index (κ3) is 3.31. The van der Waals surface area contributed by atoms with Crippen molar-refractivity contribution in [1.82, 2.24) is 0 Å². The van der Waals surface area contributed by atoms with Crippen LogP contribution in [-0.2, 0) is 11.3 Å². The molecule has 0 saturated carbocycles. The summed E-state index contributed by atoms with van der Waals surface area (Å²) in [5.74, 6) is -1.67. The van der Waals surface area contributed by atoms with Crippen molar-refractivity contribution in [3.05, 3.63) is 46.0 Å². The molecule has 1 aromatic rings. The average molecular weight is 375 g/mol. The van der Waals surface area contributed by atoms with Gasteiger partial charge >= 0.3 is 6.18 Å². The standard InChI is InChI=1S/C13H6BrF3N2OS/c14-8-3-1-7(2-4-8)11-5-10(13(15,16)17)9(6-18)12(19-11)21-20/h1-5,9H. The van der Waals surface area contributed by atoms with Crippen molar-refractivity contribution in [2.75, 3.05) is 0 Å². The van der Waals surface area contributed by atoms with Crippen molar-refractivity contribution in [2.45, 2.75) is 6.18 Å². The SMILES string of the molecule is N#CC1C(C(F)(F)F)=CC(c2ccc(Br)cc2)=NC1=S=O. The molecule has 0 radical (unpaired) electrons. The number of dihydropyridines is 1. The number of allylic oxidation sites excluding steroid dienone is 1. The molecule has 0 fully saturated rings. The quantitative estimate of drug-likeness (QED) is 0.708. The molecule has 3 nitrogen and oxygen atoms in total. The number of hydrogen-bond donors (Lipinski definition) is 0. The predicted octanol–water partition coefficient (Wildman–Crippen LogP) is 3.22. The number of hydrogen-bond acceptors (Lipinski definition) is 2. The molecule has 0 aliphatic carbocycles. The molecule has 21 heavy (non-hydrogen) atoms. The van der Waals surface area contributed by atoms with Crippen LogP contribution in [0.25, 0.3) is 0 Å². The summed E-state index contributed by atoms with van der Waals surface area (Å²) in [4.78, 5) is 3.49. The third-order valence-electron chi connectivity index (χ3n) is 2.76. The Hall–Kier alpha value is -1.72. The van der Waals surface area contributed by atoms with Gasteiger partial charge in [-0.3, -0.25) is 0 Å². The van der Waals surface area contributed by atoms with Gasteiger partial charge in [0.05, 0.1) is 17.4 Å². The van der Waals surface area contributed by atoms with Crippen molar-refractivity contribution in [3.8, 4) is 6.07 Å². The molecule has 1 aliphatic heterocycles. The summed E-state index contributed by atoms with van der Waals surface area (Å²) in [6, 6.07) is 7.94. The number of aliphatic imine (C=N–C) groups is 1. The van der Waals surface area contributed by atoms with E-state index in [1.54, 1.807) is 24.3 Å². The summed E-state index contributed by atoms with van der Waals surface area (Å²) in [5.41, 5.74) is -0.626. The second-order valence-electron chi connectivity index (χ2n) is 4.09. The zero-order chi connectivity index (χ0) is 15.6. The average Bonchev–Trinajstić information content (AvgIpc) is 2.45. The van der Waals surface area contributed by atoms with Gasteiger partial charge in [0, 0.05) is 10.0 Å². The van der Waals surface area contributed by atoms with E-state index >= 15 is 0 Å². The van der Waals surface area contributed by atoms with Gasteiger partial charge in [-0.15, -0.1) is 0 Å². The summed E-state index contributed by atoms with van der Waals surface area (Å²) in [5, 5.41) is 8.88. The van der Waals surface area contributed by atoms with Crippen LogP contribution in [0, 0.1) is 17.2 Å². The van der Waals surface area contributed by atoms with E-state index in [0.29, 0.717) is 5.56 Å². The zero-order valence-electron chi connectivity index (χ0n) is 10.2. The van der Waals surface area contributed by atoms with Crippen LogP contribution in [0.4, 0.5) is 13.2 Å². The highest BCUT2D eigenvalue weighted by molar-refractivity contribution is 9.10. The minimum absolute atomic E-state index is 0.0136. The van der Waals surface area contributed by atoms with Gasteiger partial charge in [0.1, 0.15) is 17.2 Å². The Labute approximate surface area is 130 Å². The van der Waals surface area contributed by atoms with Gasteiger partial charge in [0.25, 0.3) is 0 Å². The molecule has 108 valence electrons. The molecule has 1 unspecified atom stereocenters. The maximum absolute atomic E-state index is 13.0. The molecule has 0 saturated heterocycles. The highest BCUT2D eigenvalue weighted by atomic mass is 79.9. The molecule has 0 N–H and O–H groups in total. The number of nitrogens with zero attached hydrogens (tertiary/aromatic N) is 2. The van der Waals surface area contributed by atoms with Gasteiger partial charge in [-0.2, -0.15) is 18.4 Å². The Morgan fingerprint density at radius 2 is 1.90 bits per heavy atom. The number of alkyl halides is 3. The molecule has 2 rings (SSSR count). The van der Waals surface area contributed by atoms with E-state index in [1.165, 1.54) is 6.07 Å². The Morgan fingerprint density at radius 3 is 2.38 bits per heavy atom. The highest BCUT2D eigenvalue weighted by Gasteiger charge is 2.43. The maximum Gasteiger partial charge on any atom is 0.414 e. The van der Waals surface area contributed by atoms with E-state index in [9.17, 15) is 17.4 Å². The van der Waals surface area contributed by atoms with E-state index in [2.05, 4.69) is 20.9 Å². The van der Waals surface area contributed by atoms with Gasteiger partial charge in [0.2, 0.25) is 0 Å². The zero-order valence-corrected chi connectivity index (χ0v) is 12.6. The first-order valence-corrected chi connectivity index (χ1v) is 7.10. The first-order chi connectivity index (χ1) is 9.86. The van der Waals surface area contributed by atoms with Crippen molar-refractivity contribution in [2.24, 2.45) is 10.9 Å². The van der Waals surface area contributed by atoms with Crippen LogP contribution in [0.3, 0.4) is 0 Å². The largest absolute Gasteiger partial charge is 0.414 e. The topological polar surface area (TPSA) is 53.2 Å². The number of benzene rings is 1. The molecular weight excluding hydrogens is 369 g/mol. The van der Waals surface area contributed by atoms with Gasteiger partial charge in [0.15, 0.2) is 4.99 Å². The lowest BCUT2D eigenvalue weighted by molar-refractivity contribution is -0.0947. The van der Waals surface area contributed by atoms with Crippen molar-refractivity contribution in [1.29, 1.82) is 5.26 Å². The molecule has 1 aliphatic rings. The number of halogens is 4. The number of nitriles is 1. The molecule has 0 spiro atoms. The van der Waals surface area contributed by atoms with E-state index in [4.69, 9.17) is 5.26 Å². The summed E-state index contributed by atoms with van der Waals surface area (Å²) >= 11 is 3.03. The van der Waals surface area contributed by atoms with Gasteiger partial charge < -0.3 is 0 Å². The minimum Gasteiger partial charge on any atom is -0.237 e. The predicted molar refractivity (Wildman–Crippen MR) is 77.1 cm³/mol. The lowest BCUT2D eigenvalue weighted by Gasteiger charge is -2.20. The molecule has 0 bridgehead atoms. The Bertz CT molecular complexity index is 725. The fraction of sp³-hybridized carbons (Fsp3) is 0.154. The molecule has 1 atom stereocenters. The van der Waals surface area contributed by atoms with Gasteiger partial charge in [-0.1, -0.05) is 28.1 Å². The second kappa shape index (κ2) is 5.95. The van der Waals surface area contributed by atoms with E-state index in [1.807, 2.05) is 0 Å². The lowest BCUT2D eigenvalue weighted by atomic mass is 9.93. The summed E-state index contributed by atoms with van der Waals surface area (Å²) in [6.45, 7) is 0. The van der Waals surface area contributed by atoms with E-state index < -0.39 is 22.7 Å². The maximum atomic E-state index is 13.0. The summed E-state index contributed by atoms with van der Waals surface area (Å²) < 4.78 is 50.8. The molecule has 8 heteroatoms. The number of rotatable bonds is 1. The summed E-state index contributed by atoms with van der Waals surface area (Å²) in [6.07, 6.45) is -3.88. The Balaban J connectivity index is 2.60. The molecular formula is C13H6BrF3N2OS. The Morgan fingerprint density at radius 1 is 1.29 bits per heavy atom. The summed E-state index contributed by atoms with van der Waals surface area (Å²) in [7, 11) is 0. The van der Waals surface area contributed by atoms with Crippen LogP contribution < -0.4 is 0 Å². The van der Waals surface area contributed by atoms with Gasteiger partial charge in [-0.05, 0) is 18.2 Å². The third-order valence-corrected chi connectivity index (χ3v) is 3.79. The van der Waals surface area contributed by atoms with Gasteiger partial charge in [-0.25, -0.2) is 9.20 Å². The molecule has 0 aromatic heterocycles. The first-order valence-electron chi connectivity index (χ1n) is 5.56. The monoisotopic (exact) mass is 374 g/mol. The minimum atomic E-state index is -4.70. The van der Waals surface area contributed by atoms with E-state index in [0.717, 1.165) is 10.5 Å². The Kier molecular flexibility index (Phi) is 4.44. The van der Waals surface area contributed by atoms with Crippen LogP contribution in [0.5, 0.6) is 0 Å². The first kappa shape index (κ1) is 15.7. The van der Waals surface area contributed by atoms with Crippen LogP contribution in [0.2, 0.25) is 0 Å². The van der Waals surface area contributed by atoms with Crippen LogP contribution in [-0.4, -0.2) is 21.1 Å². The molecule has 0 amide bonds.